The first-order valence-electron chi connectivity index (χ1n) is 8.45. The van der Waals surface area contributed by atoms with Crippen molar-refractivity contribution in [1.82, 2.24) is 10.5 Å². The number of benzene rings is 1. The van der Waals surface area contributed by atoms with Crippen LogP contribution < -0.4 is 5.32 Å². The smallest absolute Gasteiger partial charge is 0.220 e. The van der Waals surface area contributed by atoms with Gasteiger partial charge in [0, 0.05) is 23.9 Å². The number of rotatable bonds is 6. The number of aryl methyl sites for hydroxylation is 2. The predicted octanol–water partition coefficient (Wildman–Crippen LogP) is 3.60. The van der Waals surface area contributed by atoms with Crippen molar-refractivity contribution in [3.8, 4) is 0 Å². The molecule has 5 heteroatoms. The SMILES string of the molecule is Cc1noc(C)c1CCC(=O)NCC1(c2ccc(F)cc2)CCC1. The molecule has 24 heavy (non-hydrogen) atoms. The molecule has 1 saturated carbocycles. The minimum Gasteiger partial charge on any atom is -0.361 e. The highest BCUT2D eigenvalue weighted by Crippen LogP contribution is 2.43. The maximum atomic E-state index is 13.1. The first-order valence-corrected chi connectivity index (χ1v) is 8.45. The zero-order chi connectivity index (χ0) is 17.2. The second-order valence-corrected chi connectivity index (χ2v) is 6.72. The summed E-state index contributed by atoms with van der Waals surface area (Å²) in [6, 6.07) is 6.67. The van der Waals surface area contributed by atoms with Gasteiger partial charge in [-0.25, -0.2) is 4.39 Å². The van der Waals surface area contributed by atoms with Crippen molar-refractivity contribution in [2.24, 2.45) is 0 Å². The Labute approximate surface area is 141 Å². The summed E-state index contributed by atoms with van der Waals surface area (Å²) >= 11 is 0. The Morgan fingerprint density at radius 1 is 1.29 bits per heavy atom. The van der Waals surface area contributed by atoms with Crippen LogP contribution in [0.1, 0.15) is 48.3 Å². The molecule has 0 atom stereocenters. The minimum absolute atomic E-state index is 0.0309. The van der Waals surface area contributed by atoms with Gasteiger partial charge >= 0.3 is 0 Å². The van der Waals surface area contributed by atoms with Crippen molar-refractivity contribution < 1.29 is 13.7 Å². The highest BCUT2D eigenvalue weighted by atomic mass is 19.1. The van der Waals surface area contributed by atoms with Gasteiger partial charge in [-0.3, -0.25) is 4.79 Å². The average molecular weight is 330 g/mol. The fraction of sp³-hybridized carbons (Fsp3) is 0.474. The molecule has 3 rings (SSSR count). The molecule has 1 aromatic carbocycles. The number of carbonyl (C=O) groups is 1. The van der Waals surface area contributed by atoms with Gasteiger partial charge in [-0.05, 0) is 50.8 Å². The first-order chi connectivity index (χ1) is 11.5. The third kappa shape index (κ3) is 3.35. The van der Waals surface area contributed by atoms with Crippen LogP contribution in [0.3, 0.4) is 0 Å². The van der Waals surface area contributed by atoms with Crippen LogP contribution in [0.4, 0.5) is 4.39 Å². The molecule has 1 aliphatic carbocycles. The molecule has 1 aromatic heterocycles. The van der Waals surface area contributed by atoms with E-state index in [0.29, 0.717) is 19.4 Å². The highest BCUT2D eigenvalue weighted by Gasteiger charge is 2.38. The average Bonchev–Trinajstić information content (AvgIpc) is 2.84. The molecule has 128 valence electrons. The Morgan fingerprint density at radius 3 is 2.54 bits per heavy atom. The zero-order valence-electron chi connectivity index (χ0n) is 14.2. The summed E-state index contributed by atoms with van der Waals surface area (Å²) < 4.78 is 18.3. The monoisotopic (exact) mass is 330 g/mol. The summed E-state index contributed by atoms with van der Waals surface area (Å²) in [7, 11) is 0. The quantitative estimate of drug-likeness (QED) is 0.880. The molecule has 2 aromatic rings. The van der Waals surface area contributed by atoms with Gasteiger partial charge in [0.2, 0.25) is 5.91 Å². The van der Waals surface area contributed by atoms with Gasteiger partial charge in [-0.15, -0.1) is 0 Å². The van der Waals surface area contributed by atoms with Crippen molar-refractivity contribution in [1.29, 1.82) is 0 Å². The summed E-state index contributed by atoms with van der Waals surface area (Å²) in [6.07, 6.45) is 4.26. The molecular formula is C19H23FN2O2. The van der Waals surface area contributed by atoms with E-state index in [1.54, 1.807) is 0 Å². The molecule has 0 radical (unpaired) electrons. The van der Waals surface area contributed by atoms with Crippen LogP contribution in [0, 0.1) is 19.7 Å². The maximum Gasteiger partial charge on any atom is 0.220 e. The van der Waals surface area contributed by atoms with E-state index < -0.39 is 0 Å². The van der Waals surface area contributed by atoms with Gasteiger partial charge in [0.15, 0.2) is 0 Å². The molecule has 0 bridgehead atoms. The molecule has 1 N–H and O–H groups in total. The van der Waals surface area contributed by atoms with Crippen molar-refractivity contribution >= 4 is 5.91 Å². The predicted molar refractivity (Wildman–Crippen MR) is 89.2 cm³/mol. The summed E-state index contributed by atoms with van der Waals surface area (Å²) in [5.74, 6) is 0.585. The topological polar surface area (TPSA) is 55.1 Å². The molecule has 1 aliphatic rings. The summed E-state index contributed by atoms with van der Waals surface area (Å²) in [4.78, 5) is 12.2. The summed E-state index contributed by atoms with van der Waals surface area (Å²) in [6.45, 7) is 4.37. The number of aromatic nitrogens is 1. The number of halogens is 1. The van der Waals surface area contributed by atoms with Crippen molar-refractivity contribution in [3.05, 3.63) is 52.7 Å². The molecule has 0 spiro atoms. The van der Waals surface area contributed by atoms with Crippen molar-refractivity contribution in [2.45, 2.75) is 51.4 Å². The van der Waals surface area contributed by atoms with E-state index in [9.17, 15) is 9.18 Å². The second kappa shape index (κ2) is 6.75. The molecule has 1 amide bonds. The molecule has 1 fully saturated rings. The Kier molecular flexibility index (Phi) is 4.69. The number of nitrogens with zero attached hydrogens (tertiary/aromatic N) is 1. The lowest BCUT2D eigenvalue weighted by Gasteiger charge is -2.42. The fourth-order valence-corrected chi connectivity index (χ4v) is 3.43. The van der Waals surface area contributed by atoms with E-state index in [4.69, 9.17) is 4.52 Å². The molecule has 4 nitrogen and oxygen atoms in total. The van der Waals surface area contributed by atoms with E-state index in [0.717, 1.165) is 41.8 Å². The van der Waals surface area contributed by atoms with Crippen LogP contribution in [0.5, 0.6) is 0 Å². The van der Waals surface area contributed by atoms with Crippen LogP contribution in [-0.2, 0) is 16.6 Å². The van der Waals surface area contributed by atoms with Crippen LogP contribution in [0.15, 0.2) is 28.8 Å². The summed E-state index contributed by atoms with van der Waals surface area (Å²) in [5, 5.41) is 6.97. The number of hydrogen-bond acceptors (Lipinski definition) is 3. The lowest BCUT2D eigenvalue weighted by atomic mass is 9.64. The Balaban J connectivity index is 1.56. The number of nitrogens with one attached hydrogen (secondary N) is 1. The van der Waals surface area contributed by atoms with Gasteiger partial charge in [0.05, 0.1) is 5.69 Å². The van der Waals surface area contributed by atoms with Crippen molar-refractivity contribution in [2.75, 3.05) is 6.54 Å². The molecular weight excluding hydrogens is 307 g/mol. The lowest BCUT2D eigenvalue weighted by Crippen LogP contribution is -2.45. The van der Waals surface area contributed by atoms with Gasteiger partial charge in [-0.2, -0.15) is 0 Å². The number of amides is 1. The molecule has 0 aliphatic heterocycles. The van der Waals surface area contributed by atoms with Gasteiger partial charge < -0.3 is 9.84 Å². The zero-order valence-corrected chi connectivity index (χ0v) is 14.2. The maximum absolute atomic E-state index is 13.1. The van der Waals surface area contributed by atoms with Gasteiger partial charge in [0.1, 0.15) is 11.6 Å². The van der Waals surface area contributed by atoms with Crippen LogP contribution in [0.25, 0.3) is 0 Å². The number of hydrogen-bond donors (Lipinski definition) is 1. The highest BCUT2D eigenvalue weighted by molar-refractivity contribution is 5.76. The normalized spacial score (nSPS) is 15.8. The van der Waals surface area contributed by atoms with Crippen LogP contribution in [0.2, 0.25) is 0 Å². The summed E-state index contributed by atoms with van der Waals surface area (Å²) in [5.41, 5.74) is 2.94. The van der Waals surface area contributed by atoms with E-state index in [2.05, 4.69) is 10.5 Å². The minimum atomic E-state index is -0.225. The molecule has 1 heterocycles. The first kappa shape index (κ1) is 16.7. The van der Waals surface area contributed by atoms with Gasteiger partial charge in [-0.1, -0.05) is 23.7 Å². The van der Waals surface area contributed by atoms with E-state index >= 15 is 0 Å². The van der Waals surface area contributed by atoms with Crippen LogP contribution in [-0.4, -0.2) is 17.6 Å². The largest absolute Gasteiger partial charge is 0.361 e. The standard InChI is InChI=1S/C19H23FN2O2/c1-13-17(14(2)24-22-13)8-9-18(23)21-12-19(10-3-11-19)15-4-6-16(20)7-5-15/h4-7H,3,8-12H2,1-2H3,(H,21,23). The fourth-order valence-electron chi connectivity index (χ4n) is 3.43. The van der Waals surface area contributed by atoms with E-state index in [1.165, 1.54) is 12.1 Å². The Hall–Kier alpha value is -2.17. The van der Waals surface area contributed by atoms with Crippen LogP contribution >= 0.6 is 0 Å². The van der Waals surface area contributed by atoms with Gasteiger partial charge in [0.25, 0.3) is 0 Å². The van der Waals surface area contributed by atoms with E-state index in [1.807, 2.05) is 26.0 Å². The third-order valence-electron chi connectivity index (χ3n) is 5.17. The molecule has 0 saturated heterocycles. The second-order valence-electron chi connectivity index (χ2n) is 6.72. The molecule has 0 unspecified atom stereocenters. The van der Waals surface area contributed by atoms with Crippen molar-refractivity contribution in [3.63, 3.8) is 0 Å². The van der Waals surface area contributed by atoms with E-state index in [-0.39, 0.29) is 17.1 Å². The Bertz CT molecular complexity index is 698. The number of carbonyl (C=O) groups excluding carboxylic acids is 1. The lowest BCUT2D eigenvalue weighted by molar-refractivity contribution is -0.121. The third-order valence-corrected chi connectivity index (χ3v) is 5.17. The Morgan fingerprint density at radius 2 is 2.00 bits per heavy atom.